The van der Waals surface area contributed by atoms with Gasteiger partial charge in [0.1, 0.15) is 0 Å². The van der Waals surface area contributed by atoms with E-state index in [-0.39, 0.29) is 0 Å². The minimum atomic E-state index is 1.14. The Bertz CT molecular complexity index is 814. The zero-order valence-electron chi connectivity index (χ0n) is 16.1. The summed E-state index contributed by atoms with van der Waals surface area (Å²) in [7, 11) is 0. The average Bonchev–Trinajstić information content (AvgIpc) is 2.71. The number of unbranched alkanes of at least 4 members (excludes halogenated alkanes) is 2. The van der Waals surface area contributed by atoms with E-state index in [1.54, 1.807) is 0 Å². The van der Waals surface area contributed by atoms with Crippen molar-refractivity contribution in [1.29, 1.82) is 0 Å². The van der Waals surface area contributed by atoms with Crippen molar-refractivity contribution in [3.63, 3.8) is 0 Å². The Kier molecular flexibility index (Phi) is 6.66. The van der Waals surface area contributed by atoms with Crippen molar-refractivity contribution in [2.45, 2.75) is 52.4 Å². The lowest BCUT2D eigenvalue weighted by Crippen LogP contribution is -1.96. The van der Waals surface area contributed by atoms with Crippen molar-refractivity contribution < 1.29 is 0 Å². The minimum absolute atomic E-state index is 1.14. The Morgan fingerprint density at radius 2 is 1.50 bits per heavy atom. The van der Waals surface area contributed by atoms with Crippen molar-refractivity contribution in [2.75, 3.05) is 0 Å². The van der Waals surface area contributed by atoms with Gasteiger partial charge in [-0.2, -0.15) is 0 Å². The largest absolute Gasteiger partial charge is 0.0654 e. The fraction of sp³-hybridized carbons (Fsp3) is 0.308. The maximum Gasteiger partial charge on any atom is -0.00238 e. The van der Waals surface area contributed by atoms with Crippen molar-refractivity contribution in [2.24, 2.45) is 0 Å². The highest BCUT2D eigenvalue weighted by Crippen LogP contribution is 2.34. The predicted octanol–water partition coefficient (Wildman–Crippen LogP) is 7.51. The van der Waals surface area contributed by atoms with E-state index in [0.717, 1.165) is 6.42 Å². The highest BCUT2D eigenvalue weighted by atomic mass is 14.2. The molecule has 1 radical (unpaired) electrons. The highest BCUT2D eigenvalue weighted by Gasteiger charge is 2.12. The molecule has 3 rings (SSSR count). The van der Waals surface area contributed by atoms with Gasteiger partial charge in [-0.25, -0.2) is 0 Å². The van der Waals surface area contributed by atoms with Crippen LogP contribution in [0, 0.1) is 6.07 Å². The van der Waals surface area contributed by atoms with Gasteiger partial charge in [0, 0.05) is 0 Å². The topological polar surface area (TPSA) is 0 Å². The van der Waals surface area contributed by atoms with Gasteiger partial charge in [0.25, 0.3) is 0 Å². The van der Waals surface area contributed by atoms with Crippen LogP contribution in [0.4, 0.5) is 0 Å². The molecular weight excluding hydrogens is 312 g/mol. The van der Waals surface area contributed by atoms with E-state index in [1.807, 2.05) is 6.07 Å². The second kappa shape index (κ2) is 9.38. The van der Waals surface area contributed by atoms with Gasteiger partial charge in [0.05, 0.1) is 0 Å². The quantitative estimate of drug-likeness (QED) is 0.398. The fourth-order valence-corrected chi connectivity index (χ4v) is 3.52. The van der Waals surface area contributed by atoms with E-state index >= 15 is 0 Å². The van der Waals surface area contributed by atoms with Crippen LogP contribution in [-0.2, 0) is 12.8 Å². The fourth-order valence-electron chi connectivity index (χ4n) is 3.52. The first-order valence-corrected chi connectivity index (χ1v) is 10.0. The van der Waals surface area contributed by atoms with Crippen molar-refractivity contribution >= 4 is 0 Å². The molecule has 0 N–H and O–H groups in total. The normalized spacial score (nSPS) is 10.8. The van der Waals surface area contributed by atoms with E-state index in [9.17, 15) is 0 Å². The lowest BCUT2D eigenvalue weighted by molar-refractivity contribution is 0.781. The van der Waals surface area contributed by atoms with E-state index in [2.05, 4.69) is 80.6 Å². The Balaban J connectivity index is 2.05. The number of rotatable bonds is 8. The molecule has 0 unspecified atom stereocenters. The summed E-state index contributed by atoms with van der Waals surface area (Å²) in [5.41, 5.74) is 8.05. The molecule has 0 bridgehead atoms. The summed E-state index contributed by atoms with van der Waals surface area (Å²) in [4.78, 5) is 0. The molecule has 0 aliphatic rings. The van der Waals surface area contributed by atoms with Crippen LogP contribution in [0.25, 0.3) is 22.3 Å². The van der Waals surface area contributed by atoms with Crippen molar-refractivity contribution in [3.05, 3.63) is 83.9 Å². The number of hydrogen-bond donors (Lipinski definition) is 0. The molecule has 0 saturated heterocycles. The van der Waals surface area contributed by atoms with Crippen LogP contribution in [-0.4, -0.2) is 0 Å². The molecule has 26 heavy (non-hydrogen) atoms. The maximum atomic E-state index is 3.53. The van der Waals surface area contributed by atoms with Crippen LogP contribution in [0.3, 0.4) is 0 Å². The van der Waals surface area contributed by atoms with Gasteiger partial charge in [0.15, 0.2) is 0 Å². The SMILES string of the molecule is CCCCc1ccc(-c2[c]cccc2-c2ccccc2)c(CCCC)c1. The van der Waals surface area contributed by atoms with Crippen LogP contribution in [0.2, 0.25) is 0 Å². The molecule has 3 aromatic rings. The van der Waals surface area contributed by atoms with E-state index in [1.165, 1.54) is 65.5 Å². The number of aryl methyl sites for hydroxylation is 2. The third kappa shape index (κ3) is 4.43. The first-order valence-electron chi connectivity index (χ1n) is 10.0. The van der Waals surface area contributed by atoms with Crippen molar-refractivity contribution in [3.8, 4) is 22.3 Å². The van der Waals surface area contributed by atoms with E-state index in [4.69, 9.17) is 0 Å². The van der Waals surface area contributed by atoms with Crippen LogP contribution < -0.4 is 0 Å². The third-order valence-electron chi connectivity index (χ3n) is 5.00. The van der Waals surface area contributed by atoms with Gasteiger partial charge in [-0.15, -0.1) is 0 Å². The molecule has 0 aliphatic heterocycles. The Hall–Kier alpha value is -2.34. The van der Waals surface area contributed by atoms with Crippen LogP contribution in [0.15, 0.2) is 66.7 Å². The summed E-state index contributed by atoms with van der Waals surface area (Å²) < 4.78 is 0. The van der Waals surface area contributed by atoms with Gasteiger partial charge < -0.3 is 0 Å². The van der Waals surface area contributed by atoms with Gasteiger partial charge in [0.2, 0.25) is 0 Å². The van der Waals surface area contributed by atoms with E-state index in [0.29, 0.717) is 0 Å². The van der Waals surface area contributed by atoms with Crippen LogP contribution in [0.5, 0.6) is 0 Å². The molecule has 0 spiro atoms. The zero-order valence-corrected chi connectivity index (χ0v) is 16.1. The molecule has 0 heteroatoms. The molecule has 3 aromatic carbocycles. The second-order valence-electron chi connectivity index (χ2n) is 7.02. The third-order valence-corrected chi connectivity index (χ3v) is 5.00. The van der Waals surface area contributed by atoms with E-state index < -0.39 is 0 Å². The van der Waals surface area contributed by atoms with Gasteiger partial charge in [-0.3, -0.25) is 0 Å². The van der Waals surface area contributed by atoms with Crippen LogP contribution >= 0.6 is 0 Å². The Morgan fingerprint density at radius 1 is 0.731 bits per heavy atom. The lowest BCUT2D eigenvalue weighted by Gasteiger charge is -2.15. The van der Waals surface area contributed by atoms with Crippen molar-refractivity contribution in [1.82, 2.24) is 0 Å². The predicted molar refractivity (Wildman–Crippen MR) is 113 cm³/mol. The molecule has 0 heterocycles. The van der Waals surface area contributed by atoms with Crippen LogP contribution in [0.1, 0.15) is 50.7 Å². The molecule has 0 amide bonds. The summed E-state index contributed by atoms with van der Waals surface area (Å²) >= 11 is 0. The summed E-state index contributed by atoms with van der Waals surface area (Å²) in [6, 6.07) is 27.6. The maximum absolute atomic E-state index is 3.53. The Morgan fingerprint density at radius 3 is 2.27 bits per heavy atom. The summed E-state index contributed by atoms with van der Waals surface area (Å²) in [6.45, 7) is 4.53. The first-order chi connectivity index (χ1) is 12.8. The summed E-state index contributed by atoms with van der Waals surface area (Å²) in [6.07, 6.45) is 7.29. The summed E-state index contributed by atoms with van der Waals surface area (Å²) in [5, 5.41) is 0. The summed E-state index contributed by atoms with van der Waals surface area (Å²) in [5.74, 6) is 0. The van der Waals surface area contributed by atoms with Gasteiger partial charge in [-0.05, 0) is 65.1 Å². The molecule has 0 fully saturated rings. The zero-order chi connectivity index (χ0) is 18.2. The molecule has 133 valence electrons. The van der Waals surface area contributed by atoms with Gasteiger partial charge in [-0.1, -0.05) is 93.4 Å². The average molecular weight is 342 g/mol. The first kappa shape index (κ1) is 18.5. The highest BCUT2D eigenvalue weighted by molar-refractivity contribution is 5.84. The molecular formula is C26H29. The second-order valence-corrected chi connectivity index (χ2v) is 7.02. The van der Waals surface area contributed by atoms with Gasteiger partial charge >= 0.3 is 0 Å². The minimum Gasteiger partial charge on any atom is -0.0654 e. The Labute approximate surface area is 158 Å². The molecule has 0 atom stereocenters. The molecule has 0 nitrogen and oxygen atoms in total. The lowest BCUT2D eigenvalue weighted by atomic mass is 9.89. The molecule has 0 saturated carbocycles. The smallest absolute Gasteiger partial charge is 0.00238 e. The standard InChI is InChI=1S/C26H29/c1-3-5-12-21-18-19-25(23(20-21)13-6-4-2)26-17-11-10-16-24(26)22-14-8-7-9-15-22/h7-11,14-16,18-20H,3-6,12-13H2,1-2H3. The number of hydrogen-bond acceptors (Lipinski definition) is 0. The number of benzene rings is 3. The molecule has 0 aromatic heterocycles. The molecule has 0 aliphatic carbocycles. The monoisotopic (exact) mass is 341 g/mol.